The highest BCUT2D eigenvalue weighted by atomic mass is 35.5. The van der Waals surface area contributed by atoms with Gasteiger partial charge in [-0.1, -0.05) is 23.7 Å². The van der Waals surface area contributed by atoms with Crippen molar-refractivity contribution < 1.29 is 9.72 Å². The summed E-state index contributed by atoms with van der Waals surface area (Å²) in [5.74, 6) is -0.229. The van der Waals surface area contributed by atoms with Gasteiger partial charge in [0.05, 0.1) is 10.5 Å². The lowest BCUT2D eigenvalue weighted by molar-refractivity contribution is -0.385. The number of ketones is 1. The molecule has 0 aliphatic carbocycles. The Morgan fingerprint density at radius 2 is 1.95 bits per heavy atom. The second-order valence-electron chi connectivity index (χ2n) is 4.48. The molecule has 2 rings (SSSR count). The van der Waals surface area contributed by atoms with E-state index >= 15 is 0 Å². The van der Waals surface area contributed by atoms with Crippen molar-refractivity contribution in [2.75, 3.05) is 0 Å². The van der Waals surface area contributed by atoms with Crippen molar-refractivity contribution in [2.24, 2.45) is 0 Å². The number of nitro groups is 1. The van der Waals surface area contributed by atoms with Gasteiger partial charge in [0, 0.05) is 16.7 Å². The summed E-state index contributed by atoms with van der Waals surface area (Å²) in [6, 6.07) is 11.2. The Morgan fingerprint density at radius 1 is 1.24 bits per heavy atom. The molecular formula is C16H12ClNO3. The number of benzene rings is 2. The Labute approximate surface area is 126 Å². The minimum Gasteiger partial charge on any atom is -0.289 e. The standard InChI is InChI=1S/C16H12ClNO3/c1-11-10-13(6-8-14(11)17)16(19)9-7-12-4-2-3-5-15(12)18(20)21/h2-10H,1H3. The predicted molar refractivity (Wildman–Crippen MR) is 82.6 cm³/mol. The lowest BCUT2D eigenvalue weighted by atomic mass is 10.1. The largest absolute Gasteiger partial charge is 0.289 e. The molecule has 5 heteroatoms. The normalized spacial score (nSPS) is 10.8. The van der Waals surface area contributed by atoms with Crippen LogP contribution in [0, 0.1) is 17.0 Å². The first-order valence-electron chi connectivity index (χ1n) is 6.21. The van der Waals surface area contributed by atoms with Crippen molar-refractivity contribution in [3.05, 3.63) is 80.4 Å². The minimum atomic E-state index is -0.476. The number of hydrogen-bond acceptors (Lipinski definition) is 3. The number of carbonyl (C=O) groups is 1. The molecule has 0 radical (unpaired) electrons. The van der Waals surface area contributed by atoms with Gasteiger partial charge in [0.25, 0.3) is 5.69 Å². The highest BCUT2D eigenvalue weighted by molar-refractivity contribution is 6.31. The molecule has 0 bridgehead atoms. The van der Waals surface area contributed by atoms with Gasteiger partial charge in [-0.25, -0.2) is 0 Å². The van der Waals surface area contributed by atoms with Gasteiger partial charge in [-0.3, -0.25) is 14.9 Å². The Hall–Kier alpha value is -2.46. The van der Waals surface area contributed by atoms with E-state index in [2.05, 4.69) is 0 Å². The van der Waals surface area contributed by atoms with Crippen LogP contribution in [0.15, 0.2) is 48.5 Å². The quantitative estimate of drug-likeness (QED) is 0.363. The van der Waals surface area contributed by atoms with Crippen LogP contribution in [0.4, 0.5) is 5.69 Å². The fraction of sp³-hybridized carbons (Fsp3) is 0.0625. The number of halogens is 1. The summed E-state index contributed by atoms with van der Waals surface area (Å²) in [4.78, 5) is 22.5. The lowest BCUT2D eigenvalue weighted by Crippen LogP contribution is -1.95. The zero-order valence-corrected chi connectivity index (χ0v) is 12.0. The van der Waals surface area contributed by atoms with Crippen molar-refractivity contribution in [1.82, 2.24) is 0 Å². The predicted octanol–water partition coefficient (Wildman–Crippen LogP) is 4.45. The molecular weight excluding hydrogens is 290 g/mol. The monoisotopic (exact) mass is 301 g/mol. The van der Waals surface area contributed by atoms with E-state index in [-0.39, 0.29) is 11.5 Å². The third-order valence-electron chi connectivity index (χ3n) is 2.99. The molecule has 106 valence electrons. The number of nitro benzene ring substituents is 1. The fourth-order valence-electron chi connectivity index (χ4n) is 1.85. The number of para-hydroxylation sites is 1. The lowest BCUT2D eigenvalue weighted by Gasteiger charge is -2.00. The first-order valence-corrected chi connectivity index (χ1v) is 6.59. The van der Waals surface area contributed by atoms with Crippen molar-refractivity contribution in [3.63, 3.8) is 0 Å². The number of allylic oxidation sites excluding steroid dienone is 1. The molecule has 0 amide bonds. The van der Waals surface area contributed by atoms with Crippen LogP contribution in [-0.2, 0) is 0 Å². The van der Waals surface area contributed by atoms with E-state index in [1.54, 1.807) is 36.4 Å². The Balaban J connectivity index is 2.27. The summed E-state index contributed by atoms with van der Waals surface area (Å²) in [5.41, 5.74) is 1.66. The maximum absolute atomic E-state index is 12.1. The van der Waals surface area contributed by atoms with E-state index in [0.29, 0.717) is 16.1 Å². The summed E-state index contributed by atoms with van der Waals surface area (Å²) in [6.45, 7) is 1.81. The van der Waals surface area contributed by atoms with Crippen LogP contribution in [0.1, 0.15) is 21.5 Å². The molecule has 0 aromatic heterocycles. The SMILES string of the molecule is Cc1cc(C(=O)C=Cc2ccccc2[N+](=O)[O-])ccc1Cl. The van der Waals surface area contributed by atoms with E-state index in [1.165, 1.54) is 18.2 Å². The molecule has 2 aromatic rings. The summed E-state index contributed by atoms with van der Waals surface area (Å²) >= 11 is 5.91. The molecule has 21 heavy (non-hydrogen) atoms. The highest BCUT2D eigenvalue weighted by Gasteiger charge is 2.10. The summed E-state index contributed by atoms with van der Waals surface area (Å²) in [5, 5.41) is 11.5. The van der Waals surface area contributed by atoms with E-state index < -0.39 is 4.92 Å². The van der Waals surface area contributed by atoms with Crippen molar-refractivity contribution in [3.8, 4) is 0 Å². The highest BCUT2D eigenvalue weighted by Crippen LogP contribution is 2.20. The number of aryl methyl sites for hydroxylation is 1. The average Bonchev–Trinajstić information content (AvgIpc) is 2.47. The first kappa shape index (κ1) is 14.9. The zero-order chi connectivity index (χ0) is 15.4. The summed E-state index contributed by atoms with van der Waals surface area (Å²) < 4.78 is 0. The minimum absolute atomic E-state index is 0.0335. The van der Waals surface area contributed by atoms with Crippen molar-refractivity contribution in [2.45, 2.75) is 6.92 Å². The van der Waals surface area contributed by atoms with Gasteiger partial charge >= 0.3 is 0 Å². The first-order chi connectivity index (χ1) is 9.99. The van der Waals surface area contributed by atoms with Gasteiger partial charge < -0.3 is 0 Å². The van der Waals surface area contributed by atoms with Gasteiger partial charge in [0.1, 0.15) is 0 Å². The molecule has 0 atom stereocenters. The van der Waals surface area contributed by atoms with Gasteiger partial charge in [-0.15, -0.1) is 0 Å². The molecule has 0 unspecified atom stereocenters. The number of carbonyl (C=O) groups excluding carboxylic acids is 1. The van der Waals surface area contributed by atoms with E-state index in [9.17, 15) is 14.9 Å². The van der Waals surface area contributed by atoms with Gasteiger partial charge in [0.15, 0.2) is 5.78 Å². The van der Waals surface area contributed by atoms with Crippen molar-refractivity contribution in [1.29, 1.82) is 0 Å². The molecule has 4 nitrogen and oxygen atoms in total. The van der Waals surface area contributed by atoms with E-state index in [1.807, 2.05) is 6.92 Å². The van der Waals surface area contributed by atoms with E-state index in [0.717, 1.165) is 5.56 Å². The van der Waals surface area contributed by atoms with Crippen LogP contribution in [0.2, 0.25) is 5.02 Å². The average molecular weight is 302 g/mol. The van der Waals surface area contributed by atoms with Crippen LogP contribution in [0.5, 0.6) is 0 Å². The molecule has 2 aromatic carbocycles. The Morgan fingerprint density at radius 3 is 2.62 bits per heavy atom. The molecule has 0 saturated heterocycles. The molecule has 0 N–H and O–H groups in total. The summed E-state index contributed by atoms with van der Waals surface area (Å²) in [6.07, 6.45) is 2.77. The molecule has 0 aliphatic rings. The zero-order valence-electron chi connectivity index (χ0n) is 11.2. The number of nitrogens with zero attached hydrogens (tertiary/aromatic N) is 1. The second kappa shape index (κ2) is 6.33. The molecule has 0 fully saturated rings. The number of hydrogen-bond donors (Lipinski definition) is 0. The second-order valence-corrected chi connectivity index (χ2v) is 4.88. The van der Waals surface area contributed by atoms with Crippen LogP contribution in [0.25, 0.3) is 6.08 Å². The third-order valence-corrected chi connectivity index (χ3v) is 3.41. The molecule has 0 heterocycles. The maximum Gasteiger partial charge on any atom is 0.276 e. The smallest absolute Gasteiger partial charge is 0.276 e. The van der Waals surface area contributed by atoms with Gasteiger partial charge in [0.2, 0.25) is 0 Å². The van der Waals surface area contributed by atoms with Crippen LogP contribution in [-0.4, -0.2) is 10.7 Å². The molecule has 0 saturated carbocycles. The van der Waals surface area contributed by atoms with E-state index in [4.69, 9.17) is 11.6 Å². The van der Waals surface area contributed by atoms with Gasteiger partial charge in [-0.05, 0) is 48.9 Å². The maximum atomic E-state index is 12.1. The Kier molecular flexibility index (Phi) is 4.50. The molecule has 0 aliphatic heterocycles. The number of rotatable bonds is 4. The third kappa shape index (κ3) is 3.55. The summed E-state index contributed by atoms with van der Waals surface area (Å²) in [7, 11) is 0. The van der Waals surface area contributed by atoms with Gasteiger partial charge in [-0.2, -0.15) is 0 Å². The topological polar surface area (TPSA) is 60.2 Å². The van der Waals surface area contributed by atoms with Crippen LogP contribution in [0.3, 0.4) is 0 Å². The van der Waals surface area contributed by atoms with Crippen molar-refractivity contribution >= 4 is 29.1 Å². The Bertz CT molecular complexity index is 738. The van der Waals surface area contributed by atoms with Crippen LogP contribution >= 0.6 is 11.6 Å². The fourth-order valence-corrected chi connectivity index (χ4v) is 1.97. The van der Waals surface area contributed by atoms with Crippen LogP contribution < -0.4 is 0 Å². The molecule has 0 spiro atoms.